The highest BCUT2D eigenvalue weighted by atomic mass is 32.1. The first-order chi connectivity index (χ1) is 31.2. The van der Waals surface area contributed by atoms with E-state index in [9.17, 15) is 0 Å². The van der Waals surface area contributed by atoms with Crippen LogP contribution in [0.5, 0.6) is 0 Å². The van der Waals surface area contributed by atoms with Crippen molar-refractivity contribution in [2.24, 2.45) is 0 Å². The number of rotatable bonds is 6. The maximum Gasteiger partial charge on any atom is 0.167 e. The lowest BCUT2D eigenvalue weighted by molar-refractivity contribution is 0.669. The van der Waals surface area contributed by atoms with Crippen LogP contribution in [-0.4, -0.2) is 29.5 Å². The molecule has 0 amide bonds. The molecular weight excluding hydrogens is 793 g/mol. The van der Waals surface area contributed by atoms with E-state index >= 15 is 0 Å². The molecule has 0 N–H and O–H groups in total. The van der Waals surface area contributed by atoms with Gasteiger partial charge in [0, 0.05) is 59.6 Å². The maximum absolute atomic E-state index is 6.84. The zero-order chi connectivity index (χ0) is 41.4. The topological polar surface area (TPSA) is 82.5 Å². The van der Waals surface area contributed by atoms with Crippen LogP contribution in [0, 0.1) is 0 Å². The lowest BCUT2D eigenvalue weighted by Crippen LogP contribution is -2.00. The third kappa shape index (κ3) is 5.76. The Hall–Kier alpha value is -8.33. The third-order valence-corrected chi connectivity index (χ3v) is 13.0. The van der Waals surface area contributed by atoms with Crippen LogP contribution >= 0.6 is 11.3 Å². The van der Waals surface area contributed by atoms with Crippen LogP contribution in [0.1, 0.15) is 0 Å². The number of benzene rings is 8. The molecule has 294 valence electrons. The molecule has 5 heterocycles. The number of nitrogens with zero attached hydrogens (tertiary/aromatic N) is 6. The highest BCUT2D eigenvalue weighted by molar-refractivity contribution is 7.26. The lowest BCUT2D eigenvalue weighted by atomic mass is 10.1. The van der Waals surface area contributed by atoms with E-state index in [4.69, 9.17) is 29.3 Å². The summed E-state index contributed by atoms with van der Waals surface area (Å²) >= 11 is 1.73. The van der Waals surface area contributed by atoms with E-state index in [1.54, 1.807) is 11.3 Å². The second-order valence-electron chi connectivity index (χ2n) is 15.6. The normalized spacial score (nSPS) is 11.8. The number of hydrogen-bond acceptors (Lipinski definition) is 7. The number of fused-ring (bicyclic) bond motifs is 9. The number of para-hydroxylation sites is 3. The van der Waals surface area contributed by atoms with Crippen LogP contribution in [0.4, 0.5) is 0 Å². The van der Waals surface area contributed by atoms with E-state index in [1.807, 2.05) is 54.6 Å². The Kier molecular flexibility index (Phi) is 7.94. The van der Waals surface area contributed by atoms with Gasteiger partial charge in [-0.25, -0.2) is 24.9 Å². The average Bonchev–Trinajstić information content (AvgIpc) is 4.03. The lowest BCUT2D eigenvalue weighted by Gasteiger charge is -2.10. The molecular formula is C55H32N6OS. The van der Waals surface area contributed by atoms with Crippen molar-refractivity contribution in [3.63, 3.8) is 0 Å². The van der Waals surface area contributed by atoms with Crippen molar-refractivity contribution in [1.29, 1.82) is 0 Å². The van der Waals surface area contributed by atoms with Crippen molar-refractivity contribution in [2.75, 3.05) is 0 Å². The monoisotopic (exact) mass is 824 g/mol. The molecule has 63 heavy (non-hydrogen) atoms. The van der Waals surface area contributed by atoms with Gasteiger partial charge in [0.05, 0.1) is 32.5 Å². The molecule has 5 aromatic heterocycles. The Labute approximate surface area is 364 Å². The molecule has 0 aliphatic carbocycles. The van der Waals surface area contributed by atoms with Gasteiger partial charge in [0.2, 0.25) is 0 Å². The summed E-state index contributed by atoms with van der Waals surface area (Å²) < 4.78 is 11.4. The molecule has 13 rings (SSSR count). The number of hydrogen-bond donors (Lipinski definition) is 0. The standard InChI is InChI=1S/C55H32N6OS/c1-4-15-33(16-5-1)48-51-49(41-22-11-13-26-47(41)63-51)57-53(56-48)36-27-29-39-40-23-14-24-42(50(40)62-46(39)32-36)55-59-52(34-17-6-2-7-18-34)58-54(60-55)35-28-30-45-43(31-35)38-21-10-12-25-44(38)61(45)37-19-8-3-9-20-37/h1-32H. The molecule has 7 nitrogen and oxygen atoms in total. The highest BCUT2D eigenvalue weighted by Crippen LogP contribution is 2.42. The van der Waals surface area contributed by atoms with Crippen molar-refractivity contribution in [1.82, 2.24) is 29.5 Å². The van der Waals surface area contributed by atoms with Crippen molar-refractivity contribution in [3.8, 4) is 62.5 Å². The van der Waals surface area contributed by atoms with E-state index in [1.165, 1.54) is 4.70 Å². The SMILES string of the molecule is c1ccc(-c2nc(-c3ccc4c(c3)c3ccccc3n4-c3ccccc3)nc(-c3cccc4c3oc3cc(-c5nc(-c6ccccc6)c6sc7ccccc7c6n5)ccc34)n2)cc1. The molecule has 0 aliphatic rings. The second-order valence-corrected chi connectivity index (χ2v) is 16.7. The predicted molar refractivity (Wildman–Crippen MR) is 257 cm³/mol. The van der Waals surface area contributed by atoms with E-state index in [0.717, 1.165) is 93.0 Å². The van der Waals surface area contributed by atoms with Gasteiger partial charge in [-0.3, -0.25) is 0 Å². The van der Waals surface area contributed by atoms with Gasteiger partial charge < -0.3 is 8.98 Å². The Morgan fingerprint density at radius 2 is 1.02 bits per heavy atom. The van der Waals surface area contributed by atoms with Gasteiger partial charge in [-0.2, -0.15) is 0 Å². The minimum absolute atomic E-state index is 0.529. The first-order valence-electron chi connectivity index (χ1n) is 20.8. The van der Waals surface area contributed by atoms with Crippen molar-refractivity contribution in [2.45, 2.75) is 0 Å². The van der Waals surface area contributed by atoms with Crippen LogP contribution in [0.15, 0.2) is 199 Å². The minimum atomic E-state index is 0.529. The summed E-state index contributed by atoms with van der Waals surface area (Å²) in [4.78, 5) is 25.9. The average molecular weight is 825 g/mol. The highest BCUT2D eigenvalue weighted by Gasteiger charge is 2.21. The Balaban J connectivity index is 0.974. The van der Waals surface area contributed by atoms with Gasteiger partial charge in [-0.1, -0.05) is 133 Å². The number of thiophene rings is 1. The zero-order valence-corrected chi connectivity index (χ0v) is 34.3. The molecule has 0 bridgehead atoms. The van der Waals surface area contributed by atoms with Gasteiger partial charge in [-0.15, -0.1) is 11.3 Å². The minimum Gasteiger partial charge on any atom is -0.455 e. The zero-order valence-electron chi connectivity index (χ0n) is 33.5. The number of aromatic nitrogens is 6. The smallest absolute Gasteiger partial charge is 0.167 e. The Morgan fingerprint density at radius 1 is 0.397 bits per heavy atom. The fourth-order valence-electron chi connectivity index (χ4n) is 8.93. The van der Waals surface area contributed by atoms with Gasteiger partial charge in [0.25, 0.3) is 0 Å². The van der Waals surface area contributed by atoms with Gasteiger partial charge in [0.15, 0.2) is 23.3 Å². The first kappa shape index (κ1) is 35.4. The molecule has 8 aromatic carbocycles. The van der Waals surface area contributed by atoms with Gasteiger partial charge >= 0.3 is 0 Å². The van der Waals surface area contributed by atoms with Crippen molar-refractivity contribution < 1.29 is 4.42 Å². The summed E-state index contributed by atoms with van der Waals surface area (Å²) in [7, 11) is 0. The van der Waals surface area contributed by atoms with Crippen LogP contribution in [0.2, 0.25) is 0 Å². The van der Waals surface area contributed by atoms with E-state index in [-0.39, 0.29) is 0 Å². The largest absolute Gasteiger partial charge is 0.455 e. The summed E-state index contributed by atoms with van der Waals surface area (Å²) in [5.41, 5.74) is 11.2. The Bertz CT molecular complexity index is 3910. The molecule has 0 unspecified atom stereocenters. The summed E-state index contributed by atoms with van der Waals surface area (Å²) in [5.74, 6) is 2.34. The van der Waals surface area contributed by atoms with Crippen molar-refractivity contribution in [3.05, 3.63) is 194 Å². The van der Waals surface area contributed by atoms with E-state index in [2.05, 4.69) is 144 Å². The summed E-state index contributed by atoms with van der Waals surface area (Å²) in [6.45, 7) is 0. The fraction of sp³-hybridized carbons (Fsp3) is 0. The molecule has 0 saturated heterocycles. The van der Waals surface area contributed by atoms with Crippen LogP contribution < -0.4 is 0 Å². The fourth-order valence-corrected chi connectivity index (χ4v) is 10.1. The van der Waals surface area contributed by atoms with E-state index in [0.29, 0.717) is 28.9 Å². The summed E-state index contributed by atoms with van der Waals surface area (Å²) in [5, 5.41) is 5.36. The van der Waals surface area contributed by atoms with Crippen LogP contribution in [0.3, 0.4) is 0 Å². The third-order valence-electron chi connectivity index (χ3n) is 11.9. The molecule has 8 heteroatoms. The summed E-state index contributed by atoms with van der Waals surface area (Å²) in [6.07, 6.45) is 0. The molecule has 0 radical (unpaired) electrons. The van der Waals surface area contributed by atoms with E-state index < -0.39 is 0 Å². The quantitative estimate of drug-likeness (QED) is 0.166. The molecule has 0 saturated carbocycles. The van der Waals surface area contributed by atoms with Crippen molar-refractivity contribution >= 4 is 75.4 Å². The van der Waals surface area contributed by atoms with Crippen LogP contribution in [-0.2, 0) is 0 Å². The summed E-state index contributed by atoms with van der Waals surface area (Å²) in [6, 6.07) is 66.8. The molecule has 0 aliphatic heterocycles. The molecule has 0 atom stereocenters. The maximum atomic E-state index is 6.84. The number of furan rings is 1. The predicted octanol–water partition coefficient (Wildman–Crippen LogP) is 14.4. The molecule has 0 spiro atoms. The van der Waals surface area contributed by atoms with Crippen LogP contribution in [0.25, 0.3) is 127 Å². The molecule has 0 fully saturated rings. The first-order valence-corrected chi connectivity index (χ1v) is 21.6. The second kappa shape index (κ2) is 14.1. The van der Waals surface area contributed by atoms with Gasteiger partial charge in [0.1, 0.15) is 11.2 Å². The Morgan fingerprint density at radius 3 is 1.84 bits per heavy atom. The molecule has 13 aromatic rings. The van der Waals surface area contributed by atoms with Gasteiger partial charge in [-0.05, 0) is 60.7 Å².